The van der Waals surface area contributed by atoms with Gasteiger partial charge in [0.1, 0.15) is 11.7 Å². The van der Waals surface area contributed by atoms with Gasteiger partial charge in [-0.3, -0.25) is 9.79 Å². The lowest BCUT2D eigenvalue weighted by molar-refractivity contribution is -0.117. The molecule has 0 bridgehead atoms. The Kier molecular flexibility index (Phi) is 7.54. The van der Waals surface area contributed by atoms with Crippen molar-refractivity contribution in [3.63, 3.8) is 0 Å². The Bertz CT molecular complexity index is 946. The van der Waals surface area contributed by atoms with Crippen LogP contribution in [0.1, 0.15) is 46.4 Å². The number of thioether (sulfide) groups is 1. The van der Waals surface area contributed by atoms with E-state index in [1.165, 1.54) is 11.8 Å². The largest absolute Gasteiger partial charge is 0.357 e. The van der Waals surface area contributed by atoms with Crippen molar-refractivity contribution in [1.29, 1.82) is 0 Å². The Balaban J connectivity index is 1.73. The molecule has 0 aliphatic carbocycles. The van der Waals surface area contributed by atoms with Crippen molar-refractivity contribution in [3.05, 3.63) is 48.3 Å². The number of hydrogen-bond acceptors (Lipinski definition) is 6. The molecular weight excluding hydrogens is 408 g/mol. The highest BCUT2D eigenvalue weighted by atomic mass is 32.2. The molecule has 1 aromatic carbocycles. The van der Waals surface area contributed by atoms with Crippen molar-refractivity contribution in [2.75, 3.05) is 25.0 Å². The summed E-state index contributed by atoms with van der Waals surface area (Å²) in [7, 11) is 0. The van der Waals surface area contributed by atoms with Gasteiger partial charge >= 0.3 is 0 Å². The number of para-hydroxylation sites is 1. The summed E-state index contributed by atoms with van der Waals surface area (Å²) in [6, 6.07) is 9.50. The molecule has 0 fully saturated rings. The Morgan fingerprint density at radius 2 is 1.90 bits per heavy atom. The zero-order valence-corrected chi connectivity index (χ0v) is 19.8. The number of hydrogen-bond donors (Lipinski definition) is 1. The molecule has 1 aliphatic rings. The average Bonchev–Trinajstić information content (AvgIpc) is 3.17. The molecule has 2 heterocycles. The third-order valence-corrected chi connectivity index (χ3v) is 6.51. The number of carbonyl (C=O) groups excluding carboxylic acids is 1. The van der Waals surface area contributed by atoms with Crippen LogP contribution in [-0.4, -0.2) is 55.8 Å². The Labute approximate surface area is 189 Å². The highest BCUT2D eigenvalue weighted by molar-refractivity contribution is 8.01. The molecule has 7 nitrogen and oxygen atoms in total. The number of nitrogens with one attached hydrogen (secondary N) is 1. The summed E-state index contributed by atoms with van der Waals surface area (Å²) in [4.78, 5) is 19.9. The maximum Gasteiger partial charge on any atom is 0.240 e. The molecule has 0 saturated carbocycles. The van der Waals surface area contributed by atoms with Crippen molar-refractivity contribution in [3.8, 4) is 0 Å². The minimum Gasteiger partial charge on any atom is -0.357 e. The summed E-state index contributed by atoms with van der Waals surface area (Å²) in [6.07, 6.45) is 4.25. The lowest BCUT2D eigenvalue weighted by Gasteiger charge is -2.25. The number of rotatable bonds is 8. The molecule has 3 rings (SSSR count). The van der Waals surface area contributed by atoms with Crippen LogP contribution >= 0.6 is 11.8 Å². The van der Waals surface area contributed by atoms with Gasteiger partial charge in [0, 0.05) is 25.3 Å². The fourth-order valence-corrected chi connectivity index (χ4v) is 4.47. The molecule has 1 amide bonds. The number of amides is 1. The third-order valence-electron chi connectivity index (χ3n) is 5.33. The lowest BCUT2D eigenvalue weighted by atomic mass is 10.1. The van der Waals surface area contributed by atoms with Gasteiger partial charge in [0.15, 0.2) is 5.16 Å². The number of dihydropyridines is 1. The smallest absolute Gasteiger partial charge is 0.240 e. The van der Waals surface area contributed by atoms with E-state index in [0.29, 0.717) is 6.54 Å². The van der Waals surface area contributed by atoms with Crippen LogP contribution in [0.25, 0.3) is 0 Å². The van der Waals surface area contributed by atoms with Gasteiger partial charge in [-0.1, -0.05) is 36.0 Å². The van der Waals surface area contributed by atoms with Crippen molar-refractivity contribution < 1.29 is 4.79 Å². The van der Waals surface area contributed by atoms with Crippen molar-refractivity contribution in [2.45, 2.75) is 57.0 Å². The molecule has 0 spiro atoms. The first-order chi connectivity index (χ1) is 14.9. The van der Waals surface area contributed by atoms with Crippen LogP contribution in [0.2, 0.25) is 0 Å². The Morgan fingerprint density at radius 1 is 1.19 bits per heavy atom. The molecule has 1 atom stereocenters. The molecule has 166 valence electrons. The SMILES string of the molecule is CCN(CC)C1=NCC(c2nnc(SC(C)(C)C(=O)Nc3ccccc3)n2CC)C=C1. The average molecular weight is 441 g/mol. The summed E-state index contributed by atoms with van der Waals surface area (Å²) in [5.74, 6) is 1.93. The Morgan fingerprint density at radius 3 is 2.48 bits per heavy atom. The predicted octanol–water partition coefficient (Wildman–Crippen LogP) is 4.20. The molecule has 1 aromatic heterocycles. The minimum atomic E-state index is -0.705. The third kappa shape index (κ3) is 5.36. The Hall–Kier alpha value is -2.61. The number of nitrogens with zero attached hydrogens (tertiary/aromatic N) is 5. The summed E-state index contributed by atoms with van der Waals surface area (Å²) in [6.45, 7) is 13.4. The number of anilines is 1. The fourth-order valence-electron chi connectivity index (χ4n) is 3.45. The minimum absolute atomic E-state index is 0.0677. The van der Waals surface area contributed by atoms with E-state index >= 15 is 0 Å². The van der Waals surface area contributed by atoms with Crippen LogP contribution in [0.15, 0.2) is 52.6 Å². The number of likely N-dealkylation sites (N-methyl/N-ethyl adjacent to an activating group) is 1. The number of benzene rings is 1. The van der Waals surface area contributed by atoms with Gasteiger partial charge in [-0.05, 0) is 52.8 Å². The molecule has 1 N–H and O–H groups in total. The van der Waals surface area contributed by atoms with Crippen molar-refractivity contribution in [1.82, 2.24) is 19.7 Å². The van der Waals surface area contributed by atoms with Gasteiger partial charge in [0.2, 0.25) is 5.91 Å². The van der Waals surface area contributed by atoms with Crippen molar-refractivity contribution >= 4 is 29.2 Å². The highest BCUT2D eigenvalue weighted by Gasteiger charge is 2.32. The van der Waals surface area contributed by atoms with Gasteiger partial charge in [-0.25, -0.2) is 0 Å². The zero-order chi connectivity index (χ0) is 22.4. The fraction of sp³-hybridized carbons (Fsp3) is 0.478. The first kappa shape index (κ1) is 23.1. The van der Waals surface area contributed by atoms with E-state index in [1.807, 2.05) is 44.2 Å². The molecule has 0 radical (unpaired) electrons. The first-order valence-corrected chi connectivity index (χ1v) is 11.7. The van der Waals surface area contributed by atoms with E-state index in [2.05, 4.69) is 57.9 Å². The van der Waals surface area contributed by atoms with Gasteiger partial charge in [0.05, 0.1) is 17.2 Å². The number of carbonyl (C=O) groups is 1. The van der Waals surface area contributed by atoms with Gasteiger partial charge < -0.3 is 14.8 Å². The molecular formula is C23H32N6OS. The number of aromatic nitrogens is 3. The summed E-state index contributed by atoms with van der Waals surface area (Å²) in [5, 5.41) is 12.6. The zero-order valence-electron chi connectivity index (χ0n) is 19.0. The van der Waals surface area contributed by atoms with Gasteiger partial charge in [-0.15, -0.1) is 10.2 Å². The molecule has 0 saturated heterocycles. The van der Waals surface area contributed by atoms with Crippen molar-refractivity contribution in [2.24, 2.45) is 4.99 Å². The second kappa shape index (κ2) is 10.1. The second-order valence-corrected chi connectivity index (χ2v) is 9.44. The van der Waals surface area contributed by atoms with Crippen LogP contribution in [0.4, 0.5) is 5.69 Å². The lowest BCUT2D eigenvalue weighted by Crippen LogP contribution is -2.34. The van der Waals surface area contributed by atoms with E-state index in [4.69, 9.17) is 4.99 Å². The molecule has 31 heavy (non-hydrogen) atoms. The van der Waals surface area contributed by atoms with E-state index < -0.39 is 4.75 Å². The molecule has 1 aliphatic heterocycles. The molecule has 8 heteroatoms. The molecule has 2 aromatic rings. The maximum atomic E-state index is 12.9. The van der Waals surface area contributed by atoms with Gasteiger partial charge in [-0.2, -0.15) is 0 Å². The first-order valence-electron chi connectivity index (χ1n) is 10.9. The van der Waals surface area contributed by atoms with Gasteiger partial charge in [0.25, 0.3) is 0 Å². The summed E-state index contributed by atoms with van der Waals surface area (Å²) < 4.78 is 1.39. The van der Waals surface area contributed by atoms with Crippen LogP contribution in [0, 0.1) is 0 Å². The quantitative estimate of drug-likeness (QED) is 0.623. The summed E-state index contributed by atoms with van der Waals surface area (Å²) in [5.41, 5.74) is 0.785. The van der Waals surface area contributed by atoms with Crippen LogP contribution in [0.3, 0.4) is 0 Å². The topological polar surface area (TPSA) is 75.4 Å². The van der Waals surface area contributed by atoms with E-state index in [0.717, 1.165) is 42.1 Å². The second-order valence-electron chi connectivity index (χ2n) is 7.85. The maximum absolute atomic E-state index is 12.9. The molecule has 1 unspecified atom stereocenters. The van der Waals surface area contributed by atoms with E-state index in [1.54, 1.807) is 0 Å². The highest BCUT2D eigenvalue weighted by Crippen LogP contribution is 2.34. The van der Waals surface area contributed by atoms with Crippen LogP contribution in [0.5, 0.6) is 0 Å². The van der Waals surface area contributed by atoms with Crippen LogP contribution in [-0.2, 0) is 11.3 Å². The normalized spacial score (nSPS) is 16.2. The number of aliphatic imine (C=N–C) groups is 1. The van der Waals surface area contributed by atoms with E-state index in [9.17, 15) is 4.79 Å². The predicted molar refractivity (Wildman–Crippen MR) is 128 cm³/mol. The van der Waals surface area contributed by atoms with E-state index in [-0.39, 0.29) is 11.8 Å². The standard InChI is InChI=1S/C23H32N6OS/c1-6-28(7-2)19-15-14-17(16-24-19)20-26-27-22(29(20)8-3)31-23(4,5)21(30)25-18-12-10-9-11-13-18/h9-15,17H,6-8,16H2,1-5H3,(H,25,30). The summed E-state index contributed by atoms with van der Waals surface area (Å²) >= 11 is 1.43. The monoisotopic (exact) mass is 440 g/mol. The van der Waals surface area contributed by atoms with Crippen LogP contribution < -0.4 is 5.32 Å². The number of amidine groups is 1.